The van der Waals surface area contributed by atoms with E-state index in [1.165, 1.54) is 0 Å². The van der Waals surface area contributed by atoms with Gasteiger partial charge in [0.25, 0.3) is 0 Å². The molecule has 1 aliphatic rings. The van der Waals surface area contributed by atoms with Crippen molar-refractivity contribution in [3.8, 4) is 0 Å². The summed E-state index contributed by atoms with van der Waals surface area (Å²) in [7, 11) is 1.75. The number of rotatable bonds is 11. The lowest BCUT2D eigenvalue weighted by atomic mass is 9.95. The Morgan fingerprint density at radius 1 is 1.09 bits per heavy atom. The average Bonchev–Trinajstić information content (AvgIpc) is 2.78. The summed E-state index contributed by atoms with van der Waals surface area (Å²) in [6.45, 7) is 16.9. The molecule has 0 aromatic rings. The smallest absolute Gasteiger partial charge is 0.333 e. The van der Waals surface area contributed by atoms with Gasteiger partial charge in [-0.15, -0.1) is 0 Å². The van der Waals surface area contributed by atoms with Crippen LogP contribution in [-0.4, -0.2) is 72.0 Å². The summed E-state index contributed by atoms with van der Waals surface area (Å²) in [5, 5.41) is 3.08. The zero-order chi connectivity index (χ0) is 25.3. The minimum atomic E-state index is -0.624. The molecule has 0 bridgehead atoms. The van der Waals surface area contributed by atoms with Crippen LogP contribution in [0.15, 0.2) is 11.6 Å². The van der Waals surface area contributed by atoms with Crippen LogP contribution in [0, 0.1) is 11.8 Å². The van der Waals surface area contributed by atoms with Crippen molar-refractivity contribution in [2.24, 2.45) is 11.8 Å². The quantitative estimate of drug-likeness (QED) is 0.371. The Bertz CT molecular complexity index is 689. The Kier molecular flexibility index (Phi) is 12.1. The normalized spacial score (nSPS) is 20.3. The highest BCUT2D eigenvalue weighted by Crippen LogP contribution is 2.22. The van der Waals surface area contributed by atoms with Crippen LogP contribution in [0.2, 0.25) is 0 Å². The largest absolute Gasteiger partial charge is 0.463 e. The number of likely N-dealkylation sites (tertiary alicyclic amines) is 1. The van der Waals surface area contributed by atoms with Crippen molar-refractivity contribution in [2.45, 2.75) is 105 Å². The third kappa shape index (κ3) is 8.13. The van der Waals surface area contributed by atoms with Gasteiger partial charge in [-0.2, -0.15) is 0 Å². The first-order valence-electron chi connectivity index (χ1n) is 12.6. The number of amides is 2. The van der Waals surface area contributed by atoms with Gasteiger partial charge in [0.15, 0.2) is 0 Å². The Hall–Kier alpha value is -1.89. The zero-order valence-electron chi connectivity index (χ0n) is 22.3. The van der Waals surface area contributed by atoms with Crippen molar-refractivity contribution in [3.63, 3.8) is 0 Å². The molecule has 0 aromatic heterocycles. The molecule has 0 radical (unpaired) electrons. The average molecular weight is 466 g/mol. The van der Waals surface area contributed by atoms with Crippen molar-refractivity contribution >= 4 is 17.8 Å². The number of carbonyl (C=O) groups is 3. The standard InChI is InChI=1S/C26H47N3O4/c1-10-20(8)29-15-13-12-14-21(29)24(30)27-23(18(5)6)25(31)28(9)22(17(3)4)16-19(7)26(32)33-11-2/h16-18,20-23H,10-15H2,1-9H3,(H,27,30)/t20?,21-,22-,23?/m1/s1. The Labute approximate surface area is 201 Å². The lowest BCUT2D eigenvalue weighted by molar-refractivity contribution is -0.140. The monoisotopic (exact) mass is 465 g/mol. The van der Waals surface area contributed by atoms with Crippen molar-refractivity contribution in [1.29, 1.82) is 0 Å². The van der Waals surface area contributed by atoms with E-state index >= 15 is 0 Å². The Morgan fingerprint density at radius 2 is 1.73 bits per heavy atom. The van der Waals surface area contributed by atoms with E-state index < -0.39 is 6.04 Å². The summed E-state index contributed by atoms with van der Waals surface area (Å²) in [4.78, 5) is 42.9. The summed E-state index contributed by atoms with van der Waals surface area (Å²) in [6.07, 6.45) is 5.73. The van der Waals surface area contributed by atoms with Gasteiger partial charge in [-0.05, 0) is 58.4 Å². The summed E-state index contributed by atoms with van der Waals surface area (Å²) in [5.41, 5.74) is 0.478. The second-order valence-electron chi connectivity index (χ2n) is 9.99. The number of nitrogens with one attached hydrogen (secondary N) is 1. The van der Waals surface area contributed by atoms with Gasteiger partial charge in [0.2, 0.25) is 11.8 Å². The number of nitrogens with zero attached hydrogens (tertiary/aromatic N) is 2. The van der Waals surface area contributed by atoms with E-state index in [9.17, 15) is 14.4 Å². The van der Waals surface area contributed by atoms with Gasteiger partial charge < -0.3 is 15.0 Å². The van der Waals surface area contributed by atoms with Gasteiger partial charge in [-0.1, -0.05) is 47.1 Å². The fraction of sp³-hybridized carbons (Fsp3) is 0.808. The zero-order valence-corrected chi connectivity index (χ0v) is 22.3. The van der Waals surface area contributed by atoms with Gasteiger partial charge in [0.05, 0.1) is 18.7 Å². The molecule has 1 rings (SSSR count). The van der Waals surface area contributed by atoms with Crippen LogP contribution < -0.4 is 5.32 Å². The van der Waals surface area contributed by atoms with Crippen LogP contribution in [0.4, 0.5) is 0 Å². The molecule has 1 fully saturated rings. The van der Waals surface area contributed by atoms with Crippen LogP contribution in [0.3, 0.4) is 0 Å². The van der Waals surface area contributed by atoms with Crippen molar-refractivity contribution in [2.75, 3.05) is 20.2 Å². The molecule has 2 amide bonds. The Balaban J connectivity index is 3.07. The molecular formula is C26H47N3O4. The summed E-state index contributed by atoms with van der Waals surface area (Å²) >= 11 is 0. The Morgan fingerprint density at radius 3 is 2.24 bits per heavy atom. The van der Waals surface area contributed by atoms with E-state index in [0.29, 0.717) is 18.2 Å². The van der Waals surface area contributed by atoms with E-state index in [0.717, 1.165) is 32.2 Å². The second kappa shape index (κ2) is 13.7. The van der Waals surface area contributed by atoms with E-state index in [2.05, 4.69) is 24.1 Å². The molecule has 1 N–H and O–H groups in total. The fourth-order valence-electron chi connectivity index (χ4n) is 4.45. The van der Waals surface area contributed by atoms with Crippen molar-refractivity contribution in [3.05, 3.63) is 11.6 Å². The van der Waals surface area contributed by atoms with E-state index in [-0.39, 0.29) is 41.7 Å². The lowest BCUT2D eigenvalue weighted by Gasteiger charge is -2.40. The molecule has 0 aromatic carbocycles. The van der Waals surface area contributed by atoms with Crippen molar-refractivity contribution in [1.82, 2.24) is 15.1 Å². The lowest BCUT2D eigenvalue weighted by Crippen LogP contribution is -2.59. The first-order valence-corrected chi connectivity index (χ1v) is 12.6. The maximum Gasteiger partial charge on any atom is 0.333 e. The topological polar surface area (TPSA) is 79.0 Å². The molecule has 33 heavy (non-hydrogen) atoms. The fourth-order valence-corrected chi connectivity index (χ4v) is 4.45. The maximum absolute atomic E-state index is 13.5. The van der Waals surface area contributed by atoms with E-state index in [1.807, 2.05) is 27.7 Å². The first-order chi connectivity index (χ1) is 15.5. The molecular weight excluding hydrogens is 418 g/mol. The van der Waals surface area contributed by atoms with Crippen molar-refractivity contribution < 1.29 is 19.1 Å². The second-order valence-corrected chi connectivity index (χ2v) is 9.99. The third-order valence-electron chi connectivity index (χ3n) is 6.73. The molecule has 0 aliphatic carbocycles. The molecule has 7 nitrogen and oxygen atoms in total. The number of likely N-dealkylation sites (N-methyl/N-ethyl adjacent to an activating group) is 1. The molecule has 7 heteroatoms. The van der Waals surface area contributed by atoms with Gasteiger partial charge in [0, 0.05) is 18.7 Å². The molecule has 1 aliphatic heterocycles. The third-order valence-corrected chi connectivity index (χ3v) is 6.73. The van der Waals surface area contributed by atoms with Crippen LogP contribution in [0.1, 0.15) is 81.1 Å². The predicted molar refractivity (Wildman–Crippen MR) is 133 cm³/mol. The van der Waals surface area contributed by atoms with E-state index in [1.54, 1.807) is 31.9 Å². The summed E-state index contributed by atoms with van der Waals surface area (Å²) in [6, 6.07) is -0.773. The number of piperidine rings is 1. The van der Waals surface area contributed by atoms with Crippen LogP contribution in [0.25, 0.3) is 0 Å². The highest BCUT2D eigenvalue weighted by atomic mass is 16.5. The van der Waals surface area contributed by atoms with Gasteiger partial charge in [-0.25, -0.2) is 4.79 Å². The van der Waals surface area contributed by atoms with Crippen LogP contribution in [-0.2, 0) is 19.1 Å². The first kappa shape index (κ1) is 29.1. The SMILES string of the molecule is CCOC(=O)C(C)=C[C@H](C(C)C)N(C)C(=O)C(NC(=O)[C@H]1CCCCN1C(C)CC)C(C)C. The summed E-state index contributed by atoms with van der Waals surface area (Å²) in [5.74, 6) is -0.552. The van der Waals surface area contributed by atoms with E-state index in [4.69, 9.17) is 4.74 Å². The molecule has 0 saturated carbocycles. The van der Waals surface area contributed by atoms with Crippen LogP contribution >= 0.6 is 0 Å². The number of esters is 1. The van der Waals surface area contributed by atoms with Gasteiger partial charge >= 0.3 is 5.97 Å². The minimum absolute atomic E-state index is 0.0604. The maximum atomic E-state index is 13.5. The highest BCUT2D eigenvalue weighted by molar-refractivity contribution is 5.91. The molecule has 190 valence electrons. The molecule has 2 unspecified atom stereocenters. The molecule has 4 atom stereocenters. The molecule has 1 saturated heterocycles. The predicted octanol–water partition coefficient (Wildman–Crippen LogP) is 3.77. The van der Waals surface area contributed by atoms with Gasteiger partial charge in [0.1, 0.15) is 6.04 Å². The number of carbonyl (C=O) groups excluding carboxylic acids is 3. The number of ether oxygens (including phenoxy) is 1. The summed E-state index contributed by atoms with van der Waals surface area (Å²) < 4.78 is 5.10. The minimum Gasteiger partial charge on any atom is -0.463 e. The highest BCUT2D eigenvalue weighted by Gasteiger charge is 2.36. The number of hydrogen-bond donors (Lipinski definition) is 1. The molecule has 0 spiro atoms. The number of hydrogen-bond acceptors (Lipinski definition) is 5. The van der Waals surface area contributed by atoms with Gasteiger partial charge in [-0.3, -0.25) is 14.5 Å². The van der Waals surface area contributed by atoms with Crippen LogP contribution in [0.5, 0.6) is 0 Å². The molecule has 1 heterocycles.